The molecule has 0 heterocycles. The first kappa shape index (κ1) is 17.7. The van der Waals surface area contributed by atoms with Crippen LogP contribution in [0.3, 0.4) is 0 Å². The molecule has 1 aromatic rings. The molecule has 0 saturated heterocycles. The molecule has 1 aromatic carbocycles. The van der Waals surface area contributed by atoms with Gasteiger partial charge < -0.3 is 0 Å². The molecule has 1 rings (SSSR count). The molecular formula is C19H28OSi. The summed E-state index contributed by atoms with van der Waals surface area (Å²) < 4.78 is 0. The monoisotopic (exact) mass is 300 g/mol. The van der Waals surface area contributed by atoms with Crippen LogP contribution in [0.2, 0.25) is 18.1 Å². The van der Waals surface area contributed by atoms with Crippen molar-refractivity contribution in [2.45, 2.75) is 65.1 Å². The first-order chi connectivity index (χ1) is 9.63. The maximum absolute atomic E-state index is 12.0. The van der Waals surface area contributed by atoms with Crippen LogP contribution in [0.15, 0.2) is 24.3 Å². The highest BCUT2D eigenvalue weighted by molar-refractivity contribution is 6.87. The Morgan fingerprint density at radius 1 is 1.14 bits per heavy atom. The van der Waals surface area contributed by atoms with Crippen LogP contribution in [0.5, 0.6) is 0 Å². The largest absolute Gasteiger partial charge is 0.294 e. The van der Waals surface area contributed by atoms with Crippen molar-refractivity contribution in [3.05, 3.63) is 35.4 Å². The highest BCUT2D eigenvalue weighted by Crippen LogP contribution is 2.35. The molecule has 0 spiro atoms. The van der Waals surface area contributed by atoms with Gasteiger partial charge in [0.25, 0.3) is 0 Å². The Bertz CT molecular complexity index is 536. The van der Waals surface area contributed by atoms with Crippen LogP contribution in [0.25, 0.3) is 0 Å². The lowest BCUT2D eigenvalue weighted by atomic mass is 10.0. The van der Waals surface area contributed by atoms with E-state index in [1.807, 2.05) is 31.2 Å². The van der Waals surface area contributed by atoms with E-state index in [-0.39, 0.29) is 5.78 Å². The van der Waals surface area contributed by atoms with Crippen molar-refractivity contribution in [3.8, 4) is 11.5 Å². The van der Waals surface area contributed by atoms with Crippen LogP contribution < -0.4 is 0 Å². The standard InChI is InChI=1S/C19H28OSi/c1-16-11-13-17(14-12-16)18(20)10-8-7-9-15-21(5,6)19(2,3)4/h11-14H,7-8,10H2,1-6H3. The zero-order valence-corrected chi connectivity index (χ0v) is 15.3. The summed E-state index contributed by atoms with van der Waals surface area (Å²) >= 11 is 0. The molecule has 1 nitrogen and oxygen atoms in total. The van der Waals surface area contributed by atoms with Crippen molar-refractivity contribution in [2.75, 3.05) is 0 Å². The van der Waals surface area contributed by atoms with Gasteiger partial charge in [-0.25, -0.2) is 0 Å². The summed E-state index contributed by atoms with van der Waals surface area (Å²) in [6.07, 6.45) is 2.27. The van der Waals surface area contributed by atoms with Gasteiger partial charge in [-0.1, -0.05) is 63.7 Å². The van der Waals surface area contributed by atoms with E-state index in [1.54, 1.807) is 0 Å². The summed E-state index contributed by atoms with van der Waals surface area (Å²) in [4.78, 5) is 12.0. The second-order valence-corrected chi connectivity index (χ2v) is 12.3. The van der Waals surface area contributed by atoms with Crippen LogP contribution in [0.4, 0.5) is 0 Å². The van der Waals surface area contributed by atoms with Crippen molar-refractivity contribution >= 4 is 13.9 Å². The highest BCUT2D eigenvalue weighted by Gasteiger charge is 2.33. The van der Waals surface area contributed by atoms with E-state index in [0.717, 1.165) is 18.4 Å². The lowest BCUT2D eigenvalue weighted by Crippen LogP contribution is -2.35. The topological polar surface area (TPSA) is 17.1 Å². The summed E-state index contributed by atoms with van der Waals surface area (Å²) in [7, 11) is -1.50. The van der Waals surface area contributed by atoms with Gasteiger partial charge >= 0.3 is 0 Å². The van der Waals surface area contributed by atoms with Crippen LogP contribution in [0, 0.1) is 18.4 Å². The van der Waals surface area contributed by atoms with E-state index in [9.17, 15) is 4.79 Å². The third kappa shape index (κ3) is 5.51. The molecule has 0 radical (unpaired) electrons. The average Bonchev–Trinajstić information content (AvgIpc) is 2.37. The van der Waals surface area contributed by atoms with E-state index in [4.69, 9.17) is 0 Å². The molecule has 0 aliphatic rings. The predicted octanol–water partition coefficient (Wildman–Crippen LogP) is 5.40. The maximum atomic E-state index is 12.0. The molecule has 0 atom stereocenters. The molecule has 0 saturated carbocycles. The van der Waals surface area contributed by atoms with E-state index in [1.165, 1.54) is 5.56 Å². The number of benzene rings is 1. The molecule has 21 heavy (non-hydrogen) atoms. The van der Waals surface area contributed by atoms with Crippen molar-refractivity contribution in [3.63, 3.8) is 0 Å². The first-order valence-corrected chi connectivity index (χ1v) is 10.7. The quantitative estimate of drug-likeness (QED) is 0.315. The molecule has 0 bridgehead atoms. The molecule has 0 aliphatic heterocycles. The number of hydrogen-bond acceptors (Lipinski definition) is 1. The number of carbonyl (C=O) groups excluding carboxylic acids is 1. The third-order valence-corrected chi connectivity index (χ3v) is 8.91. The lowest BCUT2D eigenvalue weighted by molar-refractivity contribution is 0.0980. The van der Waals surface area contributed by atoms with Crippen molar-refractivity contribution in [1.82, 2.24) is 0 Å². The number of hydrogen-bond donors (Lipinski definition) is 0. The number of carbonyl (C=O) groups is 1. The number of aryl methyl sites for hydroxylation is 1. The minimum atomic E-state index is -1.50. The smallest absolute Gasteiger partial charge is 0.162 e. The Morgan fingerprint density at radius 2 is 1.71 bits per heavy atom. The third-order valence-electron chi connectivity index (χ3n) is 4.36. The summed E-state index contributed by atoms with van der Waals surface area (Å²) in [5, 5.41) is 0.303. The van der Waals surface area contributed by atoms with Crippen LogP contribution in [0.1, 0.15) is 56.0 Å². The number of rotatable bonds is 4. The molecule has 0 unspecified atom stereocenters. The number of Topliss-reactive ketones (excluding diaryl/α,β-unsaturated/α-hetero) is 1. The second kappa shape index (κ2) is 7.09. The normalized spacial score (nSPS) is 11.7. The van der Waals surface area contributed by atoms with Gasteiger partial charge in [0.1, 0.15) is 8.07 Å². The number of ketones is 1. The minimum absolute atomic E-state index is 0.226. The molecule has 0 fully saturated rings. The fraction of sp³-hybridized carbons (Fsp3) is 0.526. The van der Waals surface area contributed by atoms with Gasteiger partial charge in [-0.3, -0.25) is 4.79 Å². The maximum Gasteiger partial charge on any atom is 0.162 e. The Labute approximate surface area is 131 Å². The van der Waals surface area contributed by atoms with Gasteiger partial charge in [0.05, 0.1) is 0 Å². The van der Waals surface area contributed by atoms with Crippen molar-refractivity contribution < 1.29 is 4.79 Å². The molecule has 0 aromatic heterocycles. The van der Waals surface area contributed by atoms with Crippen LogP contribution >= 0.6 is 0 Å². The Hall–Kier alpha value is -1.33. The summed E-state index contributed by atoms with van der Waals surface area (Å²) in [6.45, 7) is 13.5. The van der Waals surface area contributed by atoms with Gasteiger partial charge in [-0.05, 0) is 18.4 Å². The Balaban J connectivity index is 2.45. The lowest BCUT2D eigenvalue weighted by Gasteiger charge is -2.31. The summed E-state index contributed by atoms with van der Waals surface area (Å²) in [5.74, 6) is 3.53. The summed E-state index contributed by atoms with van der Waals surface area (Å²) in [6, 6.07) is 7.81. The molecule has 0 N–H and O–H groups in total. The summed E-state index contributed by atoms with van der Waals surface area (Å²) in [5.41, 5.74) is 5.50. The van der Waals surface area contributed by atoms with Crippen molar-refractivity contribution in [2.24, 2.45) is 0 Å². The molecule has 0 aliphatic carbocycles. The Kier molecular flexibility index (Phi) is 5.98. The predicted molar refractivity (Wildman–Crippen MR) is 94.3 cm³/mol. The van der Waals surface area contributed by atoms with E-state index < -0.39 is 8.07 Å². The molecular weight excluding hydrogens is 272 g/mol. The van der Waals surface area contributed by atoms with E-state index >= 15 is 0 Å². The second-order valence-electron chi connectivity index (χ2n) is 7.32. The van der Waals surface area contributed by atoms with E-state index in [0.29, 0.717) is 11.5 Å². The van der Waals surface area contributed by atoms with Gasteiger partial charge in [-0.15, -0.1) is 11.5 Å². The zero-order valence-electron chi connectivity index (χ0n) is 14.3. The van der Waals surface area contributed by atoms with Crippen LogP contribution in [-0.2, 0) is 0 Å². The van der Waals surface area contributed by atoms with E-state index in [2.05, 4.69) is 45.3 Å². The molecule has 2 heteroatoms. The number of unbranched alkanes of at least 4 members (excludes halogenated alkanes) is 1. The first-order valence-electron chi connectivity index (χ1n) is 7.73. The minimum Gasteiger partial charge on any atom is -0.294 e. The Morgan fingerprint density at radius 3 is 2.24 bits per heavy atom. The van der Waals surface area contributed by atoms with Gasteiger partial charge in [0, 0.05) is 18.4 Å². The SMILES string of the molecule is Cc1ccc(C(=O)CCCC#C[Si](C)(C)C(C)(C)C)cc1. The fourth-order valence-corrected chi connectivity index (χ4v) is 2.63. The van der Waals surface area contributed by atoms with Crippen molar-refractivity contribution in [1.29, 1.82) is 0 Å². The van der Waals surface area contributed by atoms with Gasteiger partial charge in [0.15, 0.2) is 5.78 Å². The highest BCUT2D eigenvalue weighted by atomic mass is 28.3. The zero-order chi connectivity index (χ0) is 16.1. The molecule has 0 amide bonds. The van der Waals surface area contributed by atoms with Crippen LogP contribution in [-0.4, -0.2) is 13.9 Å². The molecule has 114 valence electrons. The van der Waals surface area contributed by atoms with Gasteiger partial charge in [0.2, 0.25) is 0 Å². The van der Waals surface area contributed by atoms with Gasteiger partial charge in [-0.2, -0.15) is 0 Å². The fourth-order valence-electron chi connectivity index (χ4n) is 1.69. The average molecular weight is 301 g/mol.